The summed E-state index contributed by atoms with van der Waals surface area (Å²) in [6.45, 7) is 0. The number of carbonyl (C=O) groups excluding carboxylic acids is 1. The summed E-state index contributed by atoms with van der Waals surface area (Å²) in [5, 5.41) is 0. The van der Waals surface area contributed by atoms with Gasteiger partial charge in [-0.3, -0.25) is 9.59 Å². The molecule has 1 N–H and O–H groups in total. The molecule has 0 fully saturated rings. The second-order valence-corrected chi connectivity index (χ2v) is 2.93. The van der Waals surface area contributed by atoms with E-state index < -0.39 is 41.4 Å². The number of ether oxygens (including phenoxy) is 1. The van der Waals surface area contributed by atoms with Gasteiger partial charge >= 0.3 is 5.97 Å². The molecule has 0 spiro atoms. The Kier molecular flexibility index (Phi) is 3.70. The highest BCUT2D eigenvalue weighted by Gasteiger charge is 2.20. The summed E-state index contributed by atoms with van der Waals surface area (Å²) in [4.78, 5) is 23.4. The molecule has 0 atom stereocenters. The van der Waals surface area contributed by atoms with Crippen LogP contribution in [0, 0.1) is 5.82 Å². The van der Waals surface area contributed by atoms with Gasteiger partial charge in [-0.05, 0) is 0 Å². The highest BCUT2D eigenvalue weighted by molar-refractivity contribution is 5.72. The number of carbonyl (C=O) groups is 1. The number of alkyl halides is 2. The molecule has 1 heterocycles. The molecule has 0 bridgehead atoms. The standard InChI is InChI=1S/C9H8F3NO3/c1-16-7(15)2-4-5(10)3-6(14)13-8(4)9(11)12/h3,9H,2H2,1H3,(H,13,14). The molecule has 0 unspecified atom stereocenters. The SMILES string of the molecule is COC(=O)Cc1c(F)cc(=O)[nH]c1C(F)F. The van der Waals surface area contributed by atoms with Gasteiger partial charge in [0.25, 0.3) is 12.0 Å². The van der Waals surface area contributed by atoms with Crippen LogP contribution in [0.25, 0.3) is 0 Å². The lowest BCUT2D eigenvalue weighted by Gasteiger charge is -2.08. The Hall–Kier alpha value is -1.79. The van der Waals surface area contributed by atoms with E-state index in [1.54, 1.807) is 4.98 Å². The van der Waals surface area contributed by atoms with Crippen molar-refractivity contribution < 1.29 is 22.7 Å². The summed E-state index contributed by atoms with van der Waals surface area (Å²) in [6.07, 6.45) is -3.72. The van der Waals surface area contributed by atoms with Crippen molar-refractivity contribution in [2.45, 2.75) is 12.8 Å². The quantitative estimate of drug-likeness (QED) is 0.800. The van der Waals surface area contributed by atoms with E-state index in [9.17, 15) is 22.8 Å². The van der Waals surface area contributed by atoms with Gasteiger partial charge in [0, 0.05) is 11.6 Å². The van der Waals surface area contributed by atoms with E-state index in [2.05, 4.69) is 4.74 Å². The molecule has 1 rings (SSSR count). The van der Waals surface area contributed by atoms with Crippen LogP contribution in [0.3, 0.4) is 0 Å². The smallest absolute Gasteiger partial charge is 0.310 e. The van der Waals surface area contributed by atoms with Crippen LogP contribution in [0.1, 0.15) is 17.7 Å². The summed E-state index contributed by atoms with van der Waals surface area (Å²) >= 11 is 0. The van der Waals surface area contributed by atoms with E-state index in [1.165, 1.54) is 0 Å². The third kappa shape index (κ3) is 2.62. The number of rotatable bonds is 3. The number of halogens is 3. The van der Waals surface area contributed by atoms with Crippen molar-refractivity contribution in [2.75, 3.05) is 7.11 Å². The molecule has 1 aromatic rings. The molecule has 0 saturated carbocycles. The first-order valence-electron chi connectivity index (χ1n) is 4.22. The molecule has 0 radical (unpaired) electrons. The van der Waals surface area contributed by atoms with Crippen LogP contribution in [0.15, 0.2) is 10.9 Å². The number of methoxy groups -OCH3 is 1. The van der Waals surface area contributed by atoms with Crippen LogP contribution < -0.4 is 5.56 Å². The molecule has 4 nitrogen and oxygen atoms in total. The second-order valence-electron chi connectivity index (χ2n) is 2.93. The molecule has 0 aromatic carbocycles. The fourth-order valence-electron chi connectivity index (χ4n) is 1.16. The fraction of sp³-hybridized carbons (Fsp3) is 0.333. The van der Waals surface area contributed by atoms with Crippen molar-refractivity contribution in [3.63, 3.8) is 0 Å². The predicted molar refractivity (Wildman–Crippen MR) is 47.7 cm³/mol. The van der Waals surface area contributed by atoms with E-state index in [4.69, 9.17) is 0 Å². The largest absolute Gasteiger partial charge is 0.469 e. The number of esters is 1. The highest BCUT2D eigenvalue weighted by atomic mass is 19.3. The Bertz CT molecular complexity index is 456. The zero-order valence-electron chi connectivity index (χ0n) is 8.22. The first-order chi connectivity index (χ1) is 7.45. The average molecular weight is 235 g/mol. The van der Waals surface area contributed by atoms with Gasteiger partial charge in [-0.15, -0.1) is 0 Å². The number of nitrogens with one attached hydrogen (secondary N) is 1. The van der Waals surface area contributed by atoms with Crippen LogP contribution in [0.4, 0.5) is 13.2 Å². The Morgan fingerprint density at radius 1 is 1.56 bits per heavy atom. The van der Waals surface area contributed by atoms with Crippen molar-refractivity contribution in [3.8, 4) is 0 Å². The first kappa shape index (κ1) is 12.3. The topological polar surface area (TPSA) is 59.2 Å². The van der Waals surface area contributed by atoms with E-state index in [-0.39, 0.29) is 0 Å². The van der Waals surface area contributed by atoms with Gasteiger partial charge in [-0.25, -0.2) is 13.2 Å². The predicted octanol–water partition coefficient (Wildman–Crippen LogP) is 1.17. The molecule has 0 amide bonds. The highest BCUT2D eigenvalue weighted by Crippen LogP contribution is 2.21. The van der Waals surface area contributed by atoms with E-state index >= 15 is 0 Å². The monoisotopic (exact) mass is 235 g/mol. The zero-order valence-corrected chi connectivity index (χ0v) is 8.22. The van der Waals surface area contributed by atoms with Crippen LogP contribution in [0.5, 0.6) is 0 Å². The first-order valence-corrected chi connectivity index (χ1v) is 4.22. The van der Waals surface area contributed by atoms with Gasteiger partial charge in [0.05, 0.1) is 19.2 Å². The summed E-state index contributed by atoms with van der Waals surface area (Å²) in [6, 6.07) is 0.504. The van der Waals surface area contributed by atoms with Crippen molar-refractivity contribution in [3.05, 3.63) is 33.5 Å². The maximum Gasteiger partial charge on any atom is 0.310 e. The maximum atomic E-state index is 13.2. The van der Waals surface area contributed by atoms with Crippen LogP contribution in [-0.2, 0) is 16.0 Å². The molecule has 0 aliphatic heterocycles. The van der Waals surface area contributed by atoms with Gasteiger partial charge in [0.1, 0.15) is 5.82 Å². The molecule has 1 aromatic heterocycles. The van der Waals surface area contributed by atoms with Gasteiger partial charge in [0.2, 0.25) is 0 Å². The third-order valence-corrected chi connectivity index (χ3v) is 1.90. The molecule has 7 heteroatoms. The molecule has 16 heavy (non-hydrogen) atoms. The number of aromatic amines is 1. The number of hydrogen-bond acceptors (Lipinski definition) is 3. The normalized spacial score (nSPS) is 10.6. The second kappa shape index (κ2) is 4.82. The summed E-state index contributed by atoms with van der Waals surface area (Å²) < 4.78 is 42.3. The molecule has 0 saturated heterocycles. The van der Waals surface area contributed by atoms with Crippen molar-refractivity contribution in [2.24, 2.45) is 0 Å². The van der Waals surface area contributed by atoms with Crippen LogP contribution in [0.2, 0.25) is 0 Å². The van der Waals surface area contributed by atoms with Crippen molar-refractivity contribution in [1.29, 1.82) is 0 Å². The minimum absolute atomic E-state index is 0.504. The lowest BCUT2D eigenvalue weighted by molar-refractivity contribution is -0.139. The Balaban J connectivity index is 3.24. The fourth-order valence-corrected chi connectivity index (χ4v) is 1.16. The molecular weight excluding hydrogens is 227 g/mol. The minimum atomic E-state index is -3.07. The van der Waals surface area contributed by atoms with Gasteiger partial charge < -0.3 is 9.72 Å². The Morgan fingerprint density at radius 3 is 2.69 bits per heavy atom. The zero-order chi connectivity index (χ0) is 12.3. The molecular formula is C9H8F3NO3. The number of pyridine rings is 1. The van der Waals surface area contributed by atoms with Crippen LogP contribution in [-0.4, -0.2) is 18.1 Å². The molecule has 0 aliphatic carbocycles. The van der Waals surface area contributed by atoms with E-state index in [1.807, 2.05) is 0 Å². The Morgan fingerprint density at radius 2 is 2.19 bits per heavy atom. The maximum absolute atomic E-state index is 13.2. The van der Waals surface area contributed by atoms with Gasteiger partial charge in [-0.1, -0.05) is 0 Å². The number of aromatic nitrogens is 1. The molecule has 88 valence electrons. The number of hydrogen-bond donors (Lipinski definition) is 1. The average Bonchev–Trinajstić information content (AvgIpc) is 2.20. The minimum Gasteiger partial charge on any atom is -0.469 e. The Labute approximate surface area is 88.0 Å². The lowest BCUT2D eigenvalue weighted by atomic mass is 10.1. The number of H-pyrrole nitrogens is 1. The van der Waals surface area contributed by atoms with E-state index in [0.717, 1.165) is 7.11 Å². The third-order valence-electron chi connectivity index (χ3n) is 1.90. The summed E-state index contributed by atoms with van der Waals surface area (Å²) in [5.74, 6) is -2.02. The van der Waals surface area contributed by atoms with E-state index in [0.29, 0.717) is 6.07 Å². The molecule has 0 aliphatic rings. The summed E-state index contributed by atoms with van der Waals surface area (Å²) in [5.41, 5.74) is -2.43. The summed E-state index contributed by atoms with van der Waals surface area (Å²) in [7, 11) is 1.05. The lowest BCUT2D eigenvalue weighted by Crippen LogP contribution is -2.17. The van der Waals surface area contributed by atoms with Gasteiger partial charge in [-0.2, -0.15) is 0 Å². The van der Waals surface area contributed by atoms with Crippen LogP contribution >= 0.6 is 0 Å². The van der Waals surface area contributed by atoms with Gasteiger partial charge in [0.15, 0.2) is 0 Å². The van der Waals surface area contributed by atoms with Crippen molar-refractivity contribution >= 4 is 5.97 Å². The van der Waals surface area contributed by atoms with Crippen molar-refractivity contribution in [1.82, 2.24) is 4.98 Å².